The number of thioether (sulfide) groups is 1. The normalized spacial score (nSPS) is 24.4. The summed E-state index contributed by atoms with van der Waals surface area (Å²) >= 11 is 8.41. The highest BCUT2D eigenvalue weighted by atomic mass is 35.5. The third-order valence-corrected chi connectivity index (χ3v) is 8.15. The van der Waals surface area contributed by atoms with Crippen LogP contribution in [0.25, 0.3) is 15.9 Å². The number of nitrogens with one attached hydrogen (secondary N) is 1. The minimum atomic E-state index is 0.144. The van der Waals surface area contributed by atoms with Crippen molar-refractivity contribution in [3.63, 3.8) is 0 Å². The second kappa shape index (κ2) is 7.44. The minimum absolute atomic E-state index is 0.144. The monoisotopic (exact) mass is 448 g/mol. The number of aromatic amines is 1. The van der Waals surface area contributed by atoms with E-state index in [1.807, 2.05) is 30.0 Å². The predicted octanol–water partition coefficient (Wildman–Crippen LogP) is 6.53. The van der Waals surface area contributed by atoms with E-state index in [1.165, 1.54) is 34.4 Å². The largest absolute Gasteiger partial charge is 0.341 e. The molecule has 1 aliphatic carbocycles. The van der Waals surface area contributed by atoms with Crippen LogP contribution in [0, 0.1) is 12.8 Å². The van der Waals surface area contributed by atoms with Crippen molar-refractivity contribution in [1.82, 2.24) is 20.0 Å². The van der Waals surface area contributed by atoms with Crippen LogP contribution < -0.4 is 0 Å². The second-order valence-corrected chi connectivity index (χ2v) is 10.5. The van der Waals surface area contributed by atoms with E-state index in [0.717, 1.165) is 35.7 Å². The number of rotatable bonds is 4. The molecule has 3 aromatic rings. The van der Waals surface area contributed by atoms with Crippen molar-refractivity contribution in [3.05, 3.63) is 82.8 Å². The highest BCUT2D eigenvalue weighted by Gasteiger charge is 2.45. The molecule has 0 spiro atoms. The molecule has 1 saturated carbocycles. The molecule has 6 rings (SSSR count). The summed E-state index contributed by atoms with van der Waals surface area (Å²) in [5, 5.41) is 6.08. The van der Waals surface area contributed by atoms with E-state index in [1.54, 1.807) is 0 Å². The van der Waals surface area contributed by atoms with Crippen molar-refractivity contribution in [2.75, 3.05) is 6.54 Å². The number of hydrogen-bond donors (Lipinski definition) is 1. The van der Waals surface area contributed by atoms with Gasteiger partial charge in [-0.3, -0.25) is 5.01 Å². The van der Waals surface area contributed by atoms with Crippen LogP contribution >= 0.6 is 23.4 Å². The molecule has 2 atom stereocenters. The first kappa shape index (κ1) is 19.5. The Kier molecular flexibility index (Phi) is 4.67. The summed E-state index contributed by atoms with van der Waals surface area (Å²) in [5.41, 5.74) is 5.69. The number of fused-ring (bicyclic) bond motifs is 1. The summed E-state index contributed by atoms with van der Waals surface area (Å²) in [6.45, 7) is 7.35. The van der Waals surface area contributed by atoms with Crippen molar-refractivity contribution < 1.29 is 0 Å². The van der Waals surface area contributed by atoms with Crippen molar-refractivity contribution in [3.8, 4) is 0 Å². The molecule has 4 nitrogen and oxygen atoms in total. The van der Waals surface area contributed by atoms with Gasteiger partial charge in [0.2, 0.25) is 0 Å². The van der Waals surface area contributed by atoms with Gasteiger partial charge in [0.25, 0.3) is 0 Å². The quantitative estimate of drug-likeness (QED) is 0.460. The highest BCUT2D eigenvalue weighted by Crippen LogP contribution is 2.52. The first-order chi connectivity index (χ1) is 15.1. The Morgan fingerprint density at radius 3 is 2.81 bits per heavy atom. The molecule has 1 N–H and O–H groups in total. The van der Waals surface area contributed by atoms with Gasteiger partial charge < -0.3 is 4.98 Å². The highest BCUT2D eigenvalue weighted by molar-refractivity contribution is 8.09. The number of para-hydroxylation sites is 1. The molecule has 31 heavy (non-hydrogen) atoms. The second-order valence-electron chi connectivity index (χ2n) is 8.91. The predicted molar refractivity (Wildman–Crippen MR) is 129 cm³/mol. The van der Waals surface area contributed by atoms with Crippen LogP contribution in [0.15, 0.2) is 60.8 Å². The Bertz CT molecular complexity index is 1210. The molecule has 3 aliphatic rings. The number of hydrogen-bond acceptors (Lipinski definition) is 4. The van der Waals surface area contributed by atoms with Crippen LogP contribution in [0.2, 0.25) is 5.02 Å². The zero-order valence-electron chi connectivity index (χ0n) is 17.5. The fourth-order valence-corrected chi connectivity index (χ4v) is 6.36. The number of halogens is 1. The van der Waals surface area contributed by atoms with E-state index < -0.39 is 0 Å². The Hall–Kier alpha value is -2.21. The molecule has 2 aliphatic heterocycles. The SMILES string of the molecule is C=C1CC(c2nc3c(Cl)cccc3[nH]2)N(N2C=C(c3cccc(C)c3)SC2C2CC2)C1. The fraction of sp³-hybridized carbons (Fsp3) is 0.320. The maximum atomic E-state index is 6.40. The van der Waals surface area contributed by atoms with Gasteiger partial charge in [0.1, 0.15) is 11.3 Å². The molecule has 0 bridgehead atoms. The van der Waals surface area contributed by atoms with Crippen LogP contribution in [0.1, 0.15) is 42.3 Å². The van der Waals surface area contributed by atoms with Gasteiger partial charge in [-0.2, -0.15) is 0 Å². The van der Waals surface area contributed by atoms with Gasteiger partial charge in [0.15, 0.2) is 0 Å². The summed E-state index contributed by atoms with van der Waals surface area (Å²) in [6.07, 6.45) is 5.87. The number of benzene rings is 2. The fourth-order valence-electron chi connectivity index (χ4n) is 4.70. The van der Waals surface area contributed by atoms with Crippen LogP contribution in [0.5, 0.6) is 0 Å². The van der Waals surface area contributed by atoms with E-state index >= 15 is 0 Å². The molecular weight excluding hydrogens is 424 g/mol. The maximum absolute atomic E-state index is 6.40. The number of hydrazine groups is 1. The minimum Gasteiger partial charge on any atom is -0.341 e. The van der Waals surface area contributed by atoms with Crippen molar-refractivity contribution in [2.45, 2.75) is 37.6 Å². The first-order valence-corrected chi connectivity index (χ1v) is 12.1. The van der Waals surface area contributed by atoms with Gasteiger partial charge in [0.05, 0.1) is 22.0 Å². The molecule has 1 saturated heterocycles. The Labute approximate surface area is 191 Å². The van der Waals surface area contributed by atoms with Gasteiger partial charge in [-0.25, -0.2) is 9.99 Å². The zero-order chi connectivity index (χ0) is 21.1. The third kappa shape index (κ3) is 3.49. The third-order valence-electron chi connectivity index (χ3n) is 6.41. The van der Waals surface area contributed by atoms with Crippen molar-refractivity contribution in [1.29, 1.82) is 0 Å². The number of imidazole rings is 1. The molecule has 1 aromatic heterocycles. The molecule has 2 fully saturated rings. The molecule has 2 unspecified atom stereocenters. The summed E-state index contributed by atoms with van der Waals surface area (Å²) in [7, 11) is 0. The molecule has 2 aromatic carbocycles. The van der Waals surface area contributed by atoms with Gasteiger partial charge in [-0.15, -0.1) is 0 Å². The Morgan fingerprint density at radius 2 is 2.03 bits per heavy atom. The lowest BCUT2D eigenvalue weighted by Gasteiger charge is -2.36. The lowest BCUT2D eigenvalue weighted by molar-refractivity contribution is -0.00529. The summed E-state index contributed by atoms with van der Waals surface area (Å²) < 4.78 is 0. The van der Waals surface area contributed by atoms with E-state index in [9.17, 15) is 0 Å². The number of H-pyrrole nitrogens is 1. The molecule has 6 heteroatoms. The average molecular weight is 449 g/mol. The van der Waals surface area contributed by atoms with Crippen molar-refractivity contribution >= 4 is 39.3 Å². The smallest absolute Gasteiger partial charge is 0.126 e. The zero-order valence-corrected chi connectivity index (χ0v) is 19.1. The summed E-state index contributed by atoms with van der Waals surface area (Å²) in [5.74, 6) is 1.71. The van der Waals surface area contributed by atoms with Crippen LogP contribution in [0.4, 0.5) is 0 Å². The van der Waals surface area contributed by atoms with E-state index in [2.05, 4.69) is 59.0 Å². The van der Waals surface area contributed by atoms with Gasteiger partial charge in [0, 0.05) is 17.6 Å². The number of aromatic nitrogens is 2. The topological polar surface area (TPSA) is 35.2 Å². The van der Waals surface area contributed by atoms with Gasteiger partial charge in [-0.1, -0.05) is 71.4 Å². The van der Waals surface area contributed by atoms with Crippen LogP contribution in [-0.4, -0.2) is 31.9 Å². The van der Waals surface area contributed by atoms with Crippen LogP contribution in [0.3, 0.4) is 0 Å². The molecule has 0 amide bonds. The van der Waals surface area contributed by atoms with E-state index in [0.29, 0.717) is 10.4 Å². The summed E-state index contributed by atoms with van der Waals surface area (Å²) in [6, 6.07) is 14.9. The number of aryl methyl sites for hydroxylation is 1. The Balaban J connectivity index is 1.38. The van der Waals surface area contributed by atoms with E-state index in [-0.39, 0.29) is 6.04 Å². The maximum Gasteiger partial charge on any atom is 0.126 e. The molecule has 0 radical (unpaired) electrons. The molecular formula is C25H25ClN4S. The lowest BCUT2D eigenvalue weighted by Crippen LogP contribution is -2.43. The molecule has 158 valence electrons. The molecule has 3 heterocycles. The first-order valence-electron chi connectivity index (χ1n) is 10.9. The van der Waals surface area contributed by atoms with E-state index in [4.69, 9.17) is 16.6 Å². The van der Waals surface area contributed by atoms with Crippen molar-refractivity contribution in [2.24, 2.45) is 5.92 Å². The standard InChI is InChI=1S/C25H25ClN4S/c1-15-5-3-6-18(11-15)22-14-30(25(31-22)17-9-10-17)29-13-16(2)12-21(29)24-27-20-8-4-7-19(26)23(20)28-24/h3-8,11,14,17,21,25H,2,9-10,12-13H2,1H3,(H,27,28). The lowest BCUT2D eigenvalue weighted by atomic mass is 10.1. The van der Waals surface area contributed by atoms with Crippen LogP contribution in [-0.2, 0) is 0 Å². The van der Waals surface area contributed by atoms with Gasteiger partial charge >= 0.3 is 0 Å². The Morgan fingerprint density at radius 1 is 1.19 bits per heavy atom. The average Bonchev–Trinajstić information content (AvgIpc) is 3.18. The number of nitrogens with zero attached hydrogens (tertiary/aromatic N) is 3. The van der Waals surface area contributed by atoms with Gasteiger partial charge in [-0.05, 0) is 49.8 Å². The summed E-state index contributed by atoms with van der Waals surface area (Å²) in [4.78, 5) is 9.78.